The Kier molecular flexibility index (Phi) is 5.33. The highest BCUT2D eigenvalue weighted by molar-refractivity contribution is 9.10. The lowest BCUT2D eigenvalue weighted by molar-refractivity contribution is 0.102. The van der Waals surface area contributed by atoms with E-state index in [1.165, 1.54) is 6.08 Å². The lowest BCUT2D eigenvalue weighted by Gasteiger charge is -1.97. The first-order valence-corrected chi connectivity index (χ1v) is 9.69. The quantitative estimate of drug-likeness (QED) is 0.232. The van der Waals surface area contributed by atoms with Crippen molar-refractivity contribution in [2.45, 2.75) is 0 Å². The third-order valence-corrected chi connectivity index (χ3v) is 4.91. The van der Waals surface area contributed by atoms with E-state index in [0.717, 1.165) is 21.4 Å². The van der Waals surface area contributed by atoms with E-state index < -0.39 is 0 Å². The lowest BCUT2D eigenvalue weighted by Crippen LogP contribution is -1.90. The summed E-state index contributed by atoms with van der Waals surface area (Å²) in [5.74, 6) is 1.98. The highest BCUT2D eigenvalue weighted by atomic mass is 79.9. The molecule has 0 atom stereocenters. The monoisotopic (exact) mass is 452 g/mol. The van der Waals surface area contributed by atoms with Gasteiger partial charge in [-0.3, -0.25) is 4.79 Å². The zero-order chi connectivity index (χ0) is 19.5. The number of furan rings is 2. The predicted molar refractivity (Wildman–Crippen MR) is 114 cm³/mol. The van der Waals surface area contributed by atoms with E-state index in [2.05, 4.69) is 15.9 Å². The smallest absolute Gasteiger partial charge is 0.221 e. The number of hydrogen-bond donors (Lipinski definition) is 0. The molecular formula is C23H14BrClO3. The minimum absolute atomic E-state index is 0.234. The van der Waals surface area contributed by atoms with Crippen molar-refractivity contribution in [1.29, 1.82) is 0 Å². The van der Waals surface area contributed by atoms with Gasteiger partial charge in [-0.2, -0.15) is 0 Å². The van der Waals surface area contributed by atoms with Crippen molar-refractivity contribution in [2.24, 2.45) is 0 Å². The first kappa shape index (κ1) is 18.5. The summed E-state index contributed by atoms with van der Waals surface area (Å²) in [7, 11) is 0. The van der Waals surface area contributed by atoms with Crippen molar-refractivity contribution in [3.05, 3.63) is 99.9 Å². The van der Waals surface area contributed by atoms with Gasteiger partial charge in [-0.05, 0) is 72.8 Å². The Bertz CT molecular complexity index is 1140. The molecule has 0 aliphatic carbocycles. The summed E-state index contributed by atoms with van der Waals surface area (Å²) < 4.78 is 12.5. The van der Waals surface area contributed by atoms with Crippen LogP contribution in [0.1, 0.15) is 16.3 Å². The summed E-state index contributed by atoms with van der Waals surface area (Å²) in [5, 5.41) is 0.649. The molecule has 138 valence electrons. The van der Waals surface area contributed by atoms with Crippen LogP contribution in [-0.2, 0) is 0 Å². The lowest BCUT2D eigenvalue weighted by atomic mass is 10.2. The largest absolute Gasteiger partial charge is 0.457 e. The molecule has 0 saturated carbocycles. The summed E-state index contributed by atoms with van der Waals surface area (Å²) in [5.41, 5.74) is 1.82. The van der Waals surface area contributed by atoms with E-state index in [9.17, 15) is 4.79 Å². The van der Waals surface area contributed by atoms with Gasteiger partial charge >= 0.3 is 0 Å². The Hall–Kier alpha value is -2.82. The van der Waals surface area contributed by atoms with Crippen LogP contribution in [0, 0.1) is 0 Å². The molecule has 0 saturated heterocycles. The van der Waals surface area contributed by atoms with E-state index in [-0.39, 0.29) is 11.5 Å². The number of carbonyl (C=O) groups excluding carboxylic acids is 1. The van der Waals surface area contributed by atoms with Crippen molar-refractivity contribution in [1.82, 2.24) is 0 Å². The topological polar surface area (TPSA) is 43.4 Å². The van der Waals surface area contributed by atoms with Crippen molar-refractivity contribution >= 4 is 39.4 Å². The van der Waals surface area contributed by atoms with E-state index in [1.807, 2.05) is 48.5 Å². The van der Waals surface area contributed by atoms with Gasteiger partial charge in [-0.1, -0.05) is 39.7 Å². The van der Waals surface area contributed by atoms with Crippen LogP contribution in [0.5, 0.6) is 0 Å². The zero-order valence-corrected chi connectivity index (χ0v) is 16.9. The third kappa shape index (κ3) is 4.19. The van der Waals surface area contributed by atoms with Gasteiger partial charge in [0.1, 0.15) is 17.3 Å². The molecule has 0 unspecified atom stereocenters. The molecular weight excluding hydrogens is 440 g/mol. The molecule has 0 spiro atoms. The molecule has 4 aromatic rings. The Morgan fingerprint density at radius 3 is 2.11 bits per heavy atom. The van der Waals surface area contributed by atoms with E-state index in [0.29, 0.717) is 16.5 Å². The van der Waals surface area contributed by atoms with Gasteiger partial charge in [0.2, 0.25) is 5.78 Å². The highest BCUT2D eigenvalue weighted by Gasteiger charge is 2.10. The normalized spacial score (nSPS) is 11.2. The second-order valence-corrected chi connectivity index (χ2v) is 7.43. The second-order valence-electron chi connectivity index (χ2n) is 6.08. The number of benzene rings is 2. The van der Waals surface area contributed by atoms with Crippen molar-refractivity contribution < 1.29 is 13.6 Å². The molecule has 5 heteroatoms. The summed E-state index contributed by atoms with van der Waals surface area (Å²) >= 11 is 9.31. The molecule has 4 rings (SSSR count). The Morgan fingerprint density at radius 2 is 1.39 bits per heavy atom. The van der Waals surface area contributed by atoms with Gasteiger partial charge in [0.25, 0.3) is 0 Å². The maximum Gasteiger partial charge on any atom is 0.221 e. The van der Waals surface area contributed by atoms with Gasteiger partial charge in [-0.15, -0.1) is 0 Å². The van der Waals surface area contributed by atoms with Crippen LogP contribution in [0.25, 0.3) is 28.7 Å². The standard InChI is InChI=1S/C23H14BrClO3/c24-17-5-1-15(2-6-17)21-12-10-19(27-21)9-11-20(26)23-14-13-22(28-23)16-3-7-18(25)8-4-16/h1-14H/b11-9+. The third-order valence-electron chi connectivity index (χ3n) is 4.13. The van der Waals surface area contributed by atoms with Crippen molar-refractivity contribution in [3.63, 3.8) is 0 Å². The maximum absolute atomic E-state index is 12.4. The number of allylic oxidation sites excluding steroid dienone is 1. The molecule has 28 heavy (non-hydrogen) atoms. The van der Waals surface area contributed by atoms with E-state index >= 15 is 0 Å². The van der Waals surface area contributed by atoms with Crippen LogP contribution in [0.2, 0.25) is 5.02 Å². The molecule has 0 fully saturated rings. The molecule has 2 aromatic heterocycles. The fourth-order valence-corrected chi connectivity index (χ4v) is 3.08. The molecule has 0 aliphatic rings. The summed E-state index contributed by atoms with van der Waals surface area (Å²) in [4.78, 5) is 12.4. The molecule has 2 heterocycles. The number of ketones is 1. The van der Waals surface area contributed by atoms with Crippen LogP contribution < -0.4 is 0 Å². The molecule has 0 radical (unpaired) electrons. The average Bonchev–Trinajstić information content (AvgIpc) is 3.37. The Labute approximate surface area is 175 Å². The Balaban J connectivity index is 1.47. The number of carbonyl (C=O) groups is 1. The van der Waals surface area contributed by atoms with Crippen LogP contribution in [0.3, 0.4) is 0 Å². The molecule has 0 bridgehead atoms. The SMILES string of the molecule is O=C(/C=C/c1ccc(-c2ccc(Br)cc2)o1)c1ccc(-c2ccc(Cl)cc2)o1. The van der Waals surface area contributed by atoms with Crippen molar-refractivity contribution in [2.75, 3.05) is 0 Å². The van der Waals surface area contributed by atoms with Gasteiger partial charge in [0, 0.05) is 20.6 Å². The second kappa shape index (κ2) is 8.05. The highest BCUT2D eigenvalue weighted by Crippen LogP contribution is 2.26. The van der Waals surface area contributed by atoms with Crippen LogP contribution in [-0.4, -0.2) is 5.78 Å². The summed E-state index contributed by atoms with van der Waals surface area (Å²) in [6.45, 7) is 0. The number of rotatable bonds is 5. The molecule has 0 aliphatic heterocycles. The Morgan fingerprint density at radius 1 is 0.786 bits per heavy atom. The fraction of sp³-hybridized carbons (Fsp3) is 0. The van der Waals surface area contributed by atoms with Gasteiger partial charge < -0.3 is 8.83 Å². The molecule has 0 amide bonds. The van der Waals surface area contributed by atoms with E-state index in [4.69, 9.17) is 20.4 Å². The van der Waals surface area contributed by atoms with Crippen LogP contribution in [0.15, 0.2) is 92.2 Å². The van der Waals surface area contributed by atoms with Gasteiger partial charge in [-0.25, -0.2) is 0 Å². The number of halogens is 2. The maximum atomic E-state index is 12.4. The molecule has 2 aromatic carbocycles. The minimum atomic E-state index is -0.234. The molecule has 3 nitrogen and oxygen atoms in total. The minimum Gasteiger partial charge on any atom is -0.457 e. The van der Waals surface area contributed by atoms with Gasteiger partial charge in [0.15, 0.2) is 5.76 Å². The van der Waals surface area contributed by atoms with Gasteiger partial charge in [0.05, 0.1) is 0 Å². The average molecular weight is 454 g/mol. The summed E-state index contributed by atoms with van der Waals surface area (Å²) in [6, 6.07) is 22.2. The molecule has 0 N–H and O–H groups in total. The summed E-state index contributed by atoms with van der Waals surface area (Å²) in [6.07, 6.45) is 3.07. The van der Waals surface area contributed by atoms with Crippen molar-refractivity contribution in [3.8, 4) is 22.6 Å². The zero-order valence-electron chi connectivity index (χ0n) is 14.6. The first-order valence-electron chi connectivity index (χ1n) is 8.52. The number of hydrogen-bond acceptors (Lipinski definition) is 3. The first-order chi connectivity index (χ1) is 13.6. The van der Waals surface area contributed by atoms with Crippen LogP contribution >= 0.6 is 27.5 Å². The van der Waals surface area contributed by atoms with E-state index in [1.54, 1.807) is 30.3 Å². The predicted octanol–water partition coefficient (Wildman–Crippen LogP) is 7.52. The van der Waals surface area contributed by atoms with Crippen LogP contribution in [0.4, 0.5) is 0 Å². The fourth-order valence-electron chi connectivity index (χ4n) is 2.69.